The number of anilines is 1. The molecule has 0 saturated carbocycles. The number of aromatic nitrogens is 4. The topological polar surface area (TPSA) is 59.0 Å². The van der Waals surface area contributed by atoms with Crippen LogP contribution in [0.1, 0.15) is 12.2 Å². The molecule has 3 aromatic rings. The van der Waals surface area contributed by atoms with Gasteiger partial charge in [0.2, 0.25) is 0 Å². The number of para-hydroxylation sites is 2. The molecule has 0 bridgehead atoms. The average molecular weight is 351 g/mol. The van der Waals surface area contributed by atoms with Crippen molar-refractivity contribution in [2.45, 2.75) is 12.5 Å². The lowest BCUT2D eigenvalue weighted by atomic mass is 10.2. The third-order valence-electron chi connectivity index (χ3n) is 4.27. The van der Waals surface area contributed by atoms with Crippen molar-refractivity contribution in [3.63, 3.8) is 0 Å². The number of ether oxygens (including phenoxy) is 1. The van der Waals surface area contributed by atoms with Crippen LogP contribution in [0.5, 0.6) is 0 Å². The normalized spacial score (nSPS) is 18.4. The molecule has 0 radical (unpaired) electrons. The zero-order valence-corrected chi connectivity index (χ0v) is 13.2. The first-order valence-corrected chi connectivity index (χ1v) is 7.90. The van der Waals surface area contributed by atoms with Crippen LogP contribution >= 0.6 is 0 Å². The molecule has 0 spiro atoms. The molecule has 1 aromatic carbocycles. The molecule has 1 aliphatic heterocycles. The molecule has 1 aliphatic rings. The van der Waals surface area contributed by atoms with Crippen LogP contribution < -0.4 is 4.90 Å². The molecular formula is C16H16F3N5O. The van der Waals surface area contributed by atoms with Gasteiger partial charge in [-0.25, -0.2) is 18.2 Å². The van der Waals surface area contributed by atoms with Crippen LogP contribution in [0.2, 0.25) is 0 Å². The Morgan fingerprint density at radius 3 is 2.96 bits per heavy atom. The number of alkyl halides is 3. The van der Waals surface area contributed by atoms with Crippen LogP contribution in [0.3, 0.4) is 0 Å². The highest BCUT2D eigenvalue weighted by Crippen LogP contribution is 2.29. The number of morpholine rings is 1. The van der Waals surface area contributed by atoms with Crippen LogP contribution in [-0.2, 0) is 4.74 Å². The first kappa shape index (κ1) is 15.9. The molecule has 1 saturated heterocycles. The summed E-state index contributed by atoms with van der Waals surface area (Å²) in [4.78, 5) is 5.80. The summed E-state index contributed by atoms with van der Waals surface area (Å²) >= 11 is 0. The van der Waals surface area contributed by atoms with Crippen molar-refractivity contribution in [2.75, 3.05) is 31.3 Å². The Bertz CT molecular complexity index is 878. The number of rotatable bonds is 4. The van der Waals surface area contributed by atoms with Crippen molar-refractivity contribution in [2.24, 2.45) is 0 Å². The maximum absolute atomic E-state index is 13.4. The van der Waals surface area contributed by atoms with Gasteiger partial charge < -0.3 is 9.64 Å². The van der Waals surface area contributed by atoms with E-state index in [0.29, 0.717) is 35.8 Å². The van der Waals surface area contributed by atoms with E-state index < -0.39 is 19.1 Å². The number of halogens is 3. The summed E-state index contributed by atoms with van der Waals surface area (Å²) in [6.07, 6.45) is -2.74. The maximum Gasteiger partial charge on any atom is 0.296 e. The van der Waals surface area contributed by atoms with Crippen molar-refractivity contribution in [1.29, 1.82) is 0 Å². The molecule has 1 fully saturated rings. The predicted molar refractivity (Wildman–Crippen MR) is 86.1 cm³/mol. The van der Waals surface area contributed by atoms with Crippen LogP contribution in [0.15, 0.2) is 30.3 Å². The minimum absolute atomic E-state index is 0.273. The summed E-state index contributed by atoms with van der Waals surface area (Å²) in [7, 11) is 0. The fourth-order valence-electron chi connectivity index (χ4n) is 3.09. The summed E-state index contributed by atoms with van der Waals surface area (Å²) in [5.74, 6) is 0.502. The summed E-state index contributed by atoms with van der Waals surface area (Å²) in [6.45, 7) is 0.660. The number of hydrogen-bond acceptors (Lipinski definition) is 4. The number of nitrogens with one attached hydrogen (secondary N) is 1. The number of nitrogens with zero attached hydrogens (tertiary/aromatic N) is 4. The van der Waals surface area contributed by atoms with Crippen molar-refractivity contribution in [1.82, 2.24) is 19.7 Å². The average Bonchev–Trinajstić information content (AvgIpc) is 3.26. The number of imidazole rings is 1. The molecule has 4 rings (SSSR count). The minimum atomic E-state index is -2.74. The standard InChI is InChI=1S/C16H16F3N5O/c17-8-10-9-25-6-5-23(10)13-7-14(22-21-13)24-12-4-2-1-3-11(12)20-16(24)15(18)19/h1-4,7,10,15H,5-6,8-9H2,(H,21,22)/t10-/m0/s1. The maximum atomic E-state index is 13.4. The highest BCUT2D eigenvalue weighted by molar-refractivity contribution is 5.78. The van der Waals surface area contributed by atoms with Crippen LogP contribution in [0, 0.1) is 0 Å². The van der Waals surface area contributed by atoms with Crippen LogP contribution in [-0.4, -0.2) is 52.2 Å². The molecule has 1 N–H and O–H groups in total. The largest absolute Gasteiger partial charge is 0.377 e. The molecule has 0 aliphatic carbocycles. The highest BCUT2D eigenvalue weighted by Gasteiger charge is 2.26. The summed E-state index contributed by atoms with van der Waals surface area (Å²) in [6, 6.07) is 8.10. The Balaban J connectivity index is 1.77. The van der Waals surface area contributed by atoms with Crippen molar-refractivity contribution >= 4 is 16.9 Å². The molecule has 3 heterocycles. The lowest BCUT2D eigenvalue weighted by Crippen LogP contribution is -2.47. The summed E-state index contributed by atoms with van der Waals surface area (Å²) in [5.41, 5.74) is 1.03. The Hall–Kier alpha value is -2.55. The first-order valence-electron chi connectivity index (χ1n) is 7.90. The molecule has 1 atom stereocenters. The Morgan fingerprint density at radius 1 is 1.32 bits per heavy atom. The van der Waals surface area contributed by atoms with Gasteiger partial charge in [0.1, 0.15) is 12.5 Å². The number of H-pyrrole nitrogens is 1. The second-order valence-electron chi connectivity index (χ2n) is 5.78. The Morgan fingerprint density at radius 2 is 2.16 bits per heavy atom. The lowest BCUT2D eigenvalue weighted by Gasteiger charge is -2.33. The van der Waals surface area contributed by atoms with Gasteiger partial charge >= 0.3 is 0 Å². The number of benzene rings is 1. The van der Waals surface area contributed by atoms with Gasteiger partial charge in [0.15, 0.2) is 11.6 Å². The van der Waals surface area contributed by atoms with Crippen molar-refractivity contribution < 1.29 is 17.9 Å². The van der Waals surface area contributed by atoms with Crippen molar-refractivity contribution in [3.8, 4) is 5.82 Å². The van der Waals surface area contributed by atoms with Crippen molar-refractivity contribution in [3.05, 3.63) is 36.2 Å². The monoisotopic (exact) mass is 351 g/mol. The Labute approximate surface area is 141 Å². The predicted octanol–water partition coefficient (Wildman–Crippen LogP) is 2.86. The van der Waals surface area contributed by atoms with E-state index in [1.807, 2.05) is 0 Å². The molecule has 6 nitrogen and oxygen atoms in total. The SMILES string of the molecule is FC[C@H]1COCCN1c1cc(-n2c(C(F)F)nc3ccccc32)[nH]n1. The first-order chi connectivity index (χ1) is 12.2. The lowest BCUT2D eigenvalue weighted by molar-refractivity contribution is 0.0855. The molecule has 0 amide bonds. The van der Waals surface area contributed by atoms with E-state index in [-0.39, 0.29) is 12.4 Å². The van der Waals surface area contributed by atoms with Gasteiger partial charge in [-0.15, -0.1) is 0 Å². The van der Waals surface area contributed by atoms with Crippen LogP contribution in [0.25, 0.3) is 16.9 Å². The van der Waals surface area contributed by atoms with E-state index in [1.165, 1.54) is 4.57 Å². The number of hydrogen-bond donors (Lipinski definition) is 1. The smallest absolute Gasteiger partial charge is 0.296 e. The fourth-order valence-corrected chi connectivity index (χ4v) is 3.09. The molecule has 0 unspecified atom stereocenters. The summed E-state index contributed by atoms with van der Waals surface area (Å²) < 4.78 is 46.7. The third-order valence-corrected chi connectivity index (χ3v) is 4.27. The molecular weight excluding hydrogens is 335 g/mol. The van der Waals surface area contributed by atoms with E-state index in [1.54, 1.807) is 35.2 Å². The molecule has 132 valence electrons. The second-order valence-corrected chi connectivity index (χ2v) is 5.78. The van der Waals surface area contributed by atoms with E-state index >= 15 is 0 Å². The van der Waals surface area contributed by atoms with Gasteiger partial charge in [0.25, 0.3) is 6.43 Å². The van der Waals surface area contributed by atoms with Gasteiger partial charge in [0, 0.05) is 12.6 Å². The van der Waals surface area contributed by atoms with Gasteiger partial charge in [-0.05, 0) is 12.1 Å². The third kappa shape index (κ3) is 2.74. The van der Waals surface area contributed by atoms with E-state index in [4.69, 9.17) is 4.74 Å². The van der Waals surface area contributed by atoms with Gasteiger partial charge in [-0.2, -0.15) is 5.10 Å². The minimum Gasteiger partial charge on any atom is -0.377 e. The number of aromatic amines is 1. The fraction of sp³-hybridized carbons (Fsp3) is 0.375. The van der Waals surface area contributed by atoms with Gasteiger partial charge in [-0.1, -0.05) is 12.1 Å². The van der Waals surface area contributed by atoms with Gasteiger partial charge in [-0.3, -0.25) is 9.67 Å². The van der Waals surface area contributed by atoms with Crippen LogP contribution in [0.4, 0.5) is 19.0 Å². The van der Waals surface area contributed by atoms with Gasteiger partial charge in [0.05, 0.1) is 30.3 Å². The molecule has 9 heteroatoms. The Kier molecular flexibility index (Phi) is 4.08. The molecule has 2 aromatic heterocycles. The second kappa shape index (κ2) is 6.40. The van der Waals surface area contributed by atoms with E-state index in [0.717, 1.165) is 0 Å². The van der Waals surface area contributed by atoms with E-state index in [2.05, 4.69) is 15.2 Å². The number of fused-ring (bicyclic) bond motifs is 1. The zero-order valence-electron chi connectivity index (χ0n) is 13.2. The highest BCUT2D eigenvalue weighted by atomic mass is 19.3. The van der Waals surface area contributed by atoms with E-state index in [9.17, 15) is 13.2 Å². The molecule has 25 heavy (non-hydrogen) atoms. The quantitative estimate of drug-likeness (QED) is 0.785. The zero-order chi connectivity index (χ0) is 17.4. The summed E-state index contributed by atoms with van der Waals surface area (Å²) in [5, 5.41) is 6.96.